The second kappa shape index (κ2) is 6.52. The summed E-state index contributed by atoms with van der Waals surface area (Å²) in [4.78, 5) is 16.8. The van der Waals surface area contributed by atoms with Crippen LogP contribution in [0.4, 0.5) is 0 Å². The van der Waals surface area contributed by atoms with E-state index in [9.17, 15) is 4.79 Å². The number of nitrogens with zero attached hydrogens (tertiary/aromatic N) is 2. The molecular formula is C19H15N3O3. The van der Waals surface area contributed by atoms with Gasteiger partial charge in [-0.3, -0.25) is 10.2 Å². The first-order chi connectivity index (χ1) is 12.3. The van der Waals surface area contributed by atoms with Crippen LogP contribution in [0.15, 0.2) is 77.7 Å². The summed E-state index contributed by atoms with van der Waals surface area (Å²) in [5.74, 6) is 0.587. The van der Waals surface area contributed by atoms with Gasteiger partial charge in [0.05, 0.1) is 17.3 Å². The van der Waals surface area contributed by atoms with Gasteiger partial charge in [-0.05, 0) is 30.3 Å². The van der Waals surface area contributed by atoms with Gasteiger partial charge in [-0.2, -0.15) is 0 Å². The Morgan fingerprint density at radius 3 is 2.76 bits per heavy atom. The van der Waals surface area contributed by atoms with Crippen molar-refractivity contribution in [2.75, 3.05) is 5.43 Å². The Labute approximate surface area is 143 Å². The third-order valence-corrected chi connectivity index (χ3v) is 3.77. The number of benzene rings is 2. The quantitative estimate of drug-likeness (QED) is 0.606. The van der Waals surface area contributed by atoms with Crippen LogP contribution in [0, 0.1) is 0 Å². The van der Waals surface area contributed by atoms with Gasteiger partial charge in [-0.25, -0.2) is 9.66 Å². The highest BCUT2D eigenvalue weighted by molar-refractivity contribution is 5.99. The first-order valence-electron chi connectivity index (χ1n) is 7.79. The second-order valence-corrected chi connectivity index (χ2v) is 5.42. The number of aromatic nitrogens is 2. The first-order valence-corrected chi connectivity index (χ1v) is 7.79. The van der Waals surface area contributed by atoms with Crippen LogP contribution in [0.1, 0.15) is 16.1 Å². The van der Waals surface area contributed by atoms with E-state index in [-0.39, 0.29) is 18.3 Å². The minimum absolute atomic E-state index is 0.216. The molecule has 1 N–H and O–H groups in total. The lowest BCUT2D eigenvalue weighted by Crippen LogP contribution is -2.22. The van der Waals surface area contributed by atoms with Gasteiger partial charge in [-0.15, -0.1) is 0 Å². The number of hydrogen-bond donors (Lipinski definition) is 1. The zero-order chi connectivity index (χ0) is 17.1. The third-order valence-electron chi connectivity index (χ3n) is 3.77. The maximum Gasteiger partial charge on any atom is 0.306 e. The number of rotatable bonds is 5. The van der Waals surface area contributed by atoms with Crippen LogP contribution in [-0.4, -0.2) is 15.6 Å². The molecule has 0 aliphatic heterocycles. The average Bonchev–Trinajstić information content (AvgIpc) is 3.28. The monoisotopic (exact) mass is 333 g/mol. The number of hydrogen-bond acceptors (Lipinski definition) is 4. The normalized spacial score (nSPS) is 10.7. The van der Waals surface area contributed by atoms with Crippen molar-refractivity contribution in [1.82, 2.24) is 9.66 Å². The number of furan rings is 1. The standard InChI is InChI=1S/C19H15N3O3/c23-19(21-22-13-20-16-8-4-5-9-17(16)22)18-14(10-11-24-18)12-25-15-6-2-1-3-7-15/h1-11,13H,12H2,(H,21,23). The van der Waals surface area contributed by atoms with E-state index in [0.29, 0.717) is 5.56 Å². The molecule has 4 rings (SSSR count). The lowest BCUT2D eigenvalue weighted by molar-refractivity contribution is 0.0979. The van der Waals surface area contributed by atoms with E-state index in [1.54, 1.807) is 17.1 Å². The minimum Gasteiger partial charge on any atom is -0.489 e. The van der Waals surface area contributed by atoms with Gasteiger partial charge in [0.25, 0.3) is 0 Å². The lowest BCUT2D eigenvalue weighted by Gasteiger charge is -2.08. The Bertz CT molecular complexity index is 1000. The highest BCUT2D eigenvalue weighted by Crippen LogP contribution is 2.17. The van der Waals surface area contributed by atoms with Crippen molar-refractivity contribution in [3.8, 4) is 5.75 Å². The lowest BCUT2D eigenvalue weighted by atomic mass is 10.2. The Kier molecular flexibility index (Phi) is 3.92. The molecule has 6 heteroatoms. The summed E-state index contributed by atoms with van der Waals surface area (Å²) in [6.07, 6.45) is 3.04. The number of amides is 1. The van der Waals surface area contributed by atoms with Crippen LogP contribution in [0.5, 0.6) is 5.75 Å². The van der Waals surface area contributed by atoms with Crippen molar-refractivity contribution in [1.29, 1.82) is 0 Å². The fourth-order valence-electron chi connectivity index (χ4n) is 2.53. The van der Waals surface area contributed by atoms with Crippen molar-refractivity contribution in [3.63, 3.8) is 0 Å². The molecule has 124 valence electrons. The molecule has 0 spiro atoms. The molecule has 1 amide bonds. The Hall–Kier alpha value is -3.54. The van der Waals surface area contributed by atoms with Gasteiger partial charge in [-0.1, -0.05) is 30.3 Å². The Balaban J connectivity index is 1.50. The topological polar surface area (TPSA) is 69.3 Å². The molecule has 0 unspecified atom stereocenters. The Morgan fingerprint density at radius 2 is 1.88 bits per heavy atom. The average molecular weight is 333 g/mol. The van der Waals surface area contributed by atoms with Crippen LogP contribution in [-0.2, 0) is 6.61 Å². The second-order valence-electron chi connectivity index (χ2n) is 5.42. The van der Waals surface area contributed by atoms with Gasteiger partial charge in [0, 0.05) is 5.56 Å². The molecule has 0 saturated carbocycles. The summed E-state index contributed by atoms with van der Waals surface area (Å²) < 4.78 is 12.6. The van der Waals surface area contributed by atoms with Crippen LogP contribution in [0.25, 0.3) is 11.0 Å². The van der Waals surface area contributed by atoms with E-state index >= 15 is 0 Å². The smallest absolute Gasteiger partial charge is 0.306 e. The minimum atomic E-state index is -0.361. The highest BCUT2D eigenvalue weighted by atomic mass is 16.5. The van der Waals surface area contributed by atoms with Crippen LogP contribution in [0.2, 0.25) is 0 Å². The highest BCUT2D eigenvalue weighted by Gasteiger charge is 2.17. The molecule has 4 aromatic rings. The number of nitrogens with one attached hydrogen (secondary N) is 1. The zero-order valence-corrected chi connectivity index (χ0v) is 13.3. The fourth-order valence-corrected chi connectivity index (χ4v) is 2.53. The van der Waals surface area contributed by atoms with E-state index in [1.165, 1.54) is 6.26 Å². The molecular weight excluding hydrogens is 318 g/mol. The molecule has 2 aromatic heterocycles. The van der Waals surface area contributed by atoms with Gasteiger partial charge in [0.1, 0.15) is 18.7 Å². The van der Waals surface area contributed by atoms with Crippen molar-refractivity contribution < 1.29 is 13.9 Å². The Morgan fingerprint density at radius 1 is 1.08 bits per heavy atom. The molecule has 0 radical (unpaired) electrons. The SMILES string of the molecule is O=C(Nn1cnc2ccccc21)c1occc1COc1ccccc1. The number of carbonyl (C=O) groups excluding carboxylic acids is 1. The van der Waals surface area contributed by atoms with Crippen molar-refractivity contribution >= 4 is 16.9 Å². The number of para-hydroxylation sites is 3. The predicted octanol–water partition coefficient (Wildman–Crippen LogP) is 3.59. The number of fused-ring (bicyclic) bond motifs is 1. The first kappa shape index (κ1) is 15.0. The number of imidazole rings is 1. The molecule has 2 heterocycles. The predicted molar refractivity (Wildman–Crippen MR) is 92.9 cm³/mol. The summed E-state index contributed by atoms with van der Waals surface area (Å²) in [6.45, 7) is 0.244. The van der Waals surface area contributed by atoms with E-state index in [1.807, 2.05) is 54.6 Å². The van der Waals surface area contributed by atoms with E-state index in [0.717, 1.165) is 16.8 Å². The molecule has 0 bridgehead atoms. The summed E-state index contributed by atoms with van der Waals surface area (Å²) >= 11 is 0. The van der Waals surface area contributed by atoms with Crippen LogP contribution < -0.4 is 10.2 Å². The summed E-state index contributed by atoms with van der Waals surface area (Å²) in [7, 11) is 0. The maximum atomic E-state index is 12.5. The largest absolute Gasteiger partial charge is 0.489 e. The molecule has 0 saturated heterocycles. The maximum absolute atomic E-state index is 12.5. The van der Waals surface area contributed by atoms with Crippen molar-refractivity contribution in [2.24, 2.45) is 0 Å². The van der Waals surface area contributed by atoms with Gasteiger partial charge in [0.2, 0.25) is 0 Å². The van der Waals surface area contributed by atoms with Crippen LogP contribution >= 0.6 is 0 Å². The zero-order valence-electron chi connectivity index (χ0n) is 13.3. The summed E-state index contributed by atoms with van der Waals surface area (Å²) in [5.41, 5.74) is 5.05. The molecule has 25 heavy (non-hydrogen) atoms. The molecule has 2 aromatic carbocycles. The molecule has 0 atom stereocenters. The van der Waals surface area contributed by atoms with Gasteiger partial charge >= 0.3 is 5.91 Å². The van der Waals surface area contributed by atoms with Crippen molar-refractivity contribution in [3.05, 3.63) is 84.6 Å². The van der Waals surface area contributed by atoms with E-state index in [2.05, 4.69) is 10.4 Å². The van der Waals surface area contributed by atoms with Crippen molar-refractivity contribution in [2.45, 2.75) is 6.61 Å². The van der Waals surface area contributed by atoms with Gasteiger partial charge < -0.3 is 9.15 Å². The van der Waals surface area contributed by atoms with E-state index < -0.39 is 0 Å². The molecule has 6 nitrogen and oxygen atoms in total. The molecule has 0 aliphatic carbocycles. The number of ether oxygens (including phenoxy) is 1. The molecule has 0 aliphatic rings. The third kappa shape index (κ3) is 3.10. The summed E-state index contributed by atoms with van der Waals surface area (Å²) in [5, 5.41) is 0. The number of carbonyl (C=O) groups is 1. The molecule has 0 fully saturated rings. The van der Waals surface area contributed by atoms with Gasteiger partial charge in [0.15, 0.2) is 5.76 Å². The van der Waals surface area contributed by atoms with Crippen LogP contribution in [0.3, 0.4) is 0 Å². The van der Waals surface area contributed by atoms with E-state index in [4.69, 9.17) is 9.15 Å². The summed E-state index contributed by atoms with van der Waals surface area (Å²) in [6, 6.07) is 18.7. The fraction of sp³-hybridized carbons (Fsp3) is 0.0526.